The Morgan fingerprint density at radius 1 is 1.14 bits per heavy atom. The molecule has 0 saturated carbocycles. The van der Waals surface area contributed by atoms with E-state index in [4.69, 9.17) is 4.74 Å². The maximum atomic E-state index is 14.2. The van der Waals surface area contributed by atoms with E-state index in [1.54, 1.807) is 9.80 Å². The fourth-order valence-electron chi connectivity index (χ4n) is 6.43. The Morgan fingerprint density at radius 2 is 1.86 bits per heavy atom. The van der Waals surface area contributed by atoms with Crippen LogP contribution in [0.25, 0.3) is 0 Å². The van der Waals surface area contributed by atoms with Crippen molar-refractivity contribution in [3.8, 4) is 0 Å². The Balaban J connectivity index is 1.46. The largest absolute Gasteiger partial charge is 0.432 e. The first-order valence-corrected chi connectivity index (χ1v) is 15.7. The summed E-state index contributed by atoms with van der Waals surface area (Å²) in [5, 5.41) is 12.8. The molecule has 5 rings (SSSR count). The molecule has 3 aliphatic rings. The summed E-state index contributed by atoms with van der Waals surface area (Å²) in [5.41, 5.74) is 2.09. The molecule has 2 aromatic carbocycles. The summed E-state index contributed by atoms with van der Waals surface area (Å²) in [7, 11) is -2.70. The van der Waals surface area contributed by atoms with E-state index in [0.29, 0.717) is 26.1 Å². The first kappa shape index (κ1) is 25.1. The summed E-state index contributed by atoms with van der Waals surface area (Å²) >= 11 is 0. The van der Waals surface area contributed by atoms with Gasteiger partial charge in [-0.15, -0.1) is 0 Å². The lowest BCUT2D eigenvalue weighted by Gasteiger charge is -2.32. The molecule has 36 heavy (non-hydrogen) atoms. The quantitative estimate of drug-likeness (QED) is 0.517. The molecule has 8 nitrogen and oxygen atoms in total. The molecule has 0 unspecified atom stereocenters. The number of aliphatic hydroxyl groups excluding tert-OH is 1. The molecule has 3 heterocycles. The third-order valence-corrected chi connectivity index (χ3v) is 10.5. The molecule has 0 radical (unpaired) electrons. The third kappa shape index (κ3) is 3.99. The van der Waals surface area contributed by atoms with Crippen LogP contribution in [0, 0.1) is 5.92 Å². The highest BCUT2D eigenvalue weighted by atomic mass is 28.4. The molecule has 3 aliphatic heterocycles. The van der Waals surface area contributed by atoms with Gasteiger partial charge in [0.15, 0.2) is 13.9 Å². The maximum absolute atomic E-state index is 14.2. The van der Waals surface area contributed by atoms with E-state index in [2.05, 4.69) is 5.32 Å². The van der Waals surface area contributed by atoms with Crippen molar-refractivity contribution in [3.05, 3.63) is 59.7 Å². The number of benzene rings is 2. The minimum atomic E-state index is -2.70. The first-order valence-electron chi connectivity index (χ1n) is 12.7. The van der Waals surface area contributed by atoms with Crippen LogP contribution in [0.5, 0.6) is 0 Å². The average molecular weight is 510 g/mol. The van der Waals surface area contributed by atoms with Crippen LogP contribution in [0.15, 0.2) is 48.5 Å². The highest BCUT2D eigenvalue weighted by Crippen LogP contribution is 2.59. The normalized spacial score (nSPS) is 28.3. The zero-order chi connectivity index (χ0) is 25.7. The highest BCUT2D eigenvalue weighted by Gasteiger charge is 2.65. The van der Waals surface area contributed by atoms with Gasteiger partial charge in [-0.1, -0.05) is 37.3 Å². The van der Waals surface area contributed by atoms with Crippen molar-refractivity contribution in [2.24, 2.45) is 5.92 Å². The van der Waals surface area contributed by atoms with Gasteiger partial charge < -0.3 is 29.8 Å². The average Bonchev–Trinajstić information content (AvgIpc) is 3.27. The number of carbonyl (C=O) groups is 2. The molecule has 2 fully saturated rings. The number of para-hydroxylation sites is 1. The van der Waals surface area contributed by atoms with Gasteiger partial charge in [-0.2, -0.15) is 0 Å². The molecule has 1 spiro atoms. The Hall–Kier alpha value is -2.56. The van der Waals surface area contributed by atoms with E-state index < -0.39 is 13.9 Å². The van der Waals surface area contributed by atoms with Gasteiger partial charge in [0.2, 0.25) is 5.91 Å². The third-order valence-electron chi connectivity index (χ3n) is 7.98. The smallest absolute Gasteiger partial charge is 0.264 e. The molecule has 0 bridgehead atoms. The van der Waals surface area contributed by atoms with Gasteiger partial charge in [0.05, 0.1) is 24.9 Å². The van der Waals surface area contributed by atoms with Gasteiger partial charge in [0, 0.05) is 42.4 Å². The van der Waals surface area contributed by atoms with E-state index in [-0.39, 0.29) is 36.0 Å². The predicted octanol–water partition coefficient (Wildman–Crippen LogP) is 2.35. The summed E-state index contributed by atoms with van der Waals surface area (Å²) in [5.74, 6) is -0.309. The molecule has 4 atom stereocenters. The summed E-state index contributed by atoms with van der Waals surface area (Å²) in [6.45, 7) is 7.82. The molecule has 0 aliphatic carbocycles. The monoisotopic (exact) mass is 509 g/mol. The lowest BCUT2D eigenvalue weighted by atomic mass is 9.82. The van der Waals surface area contributed by atoms with Crippen molar-refractivity contribution in [1.82, 2.24) is 5.32 Å². The van der Waals surface area contributed by atoms with Crippen LogP contribution in [0.1, 0.15) is 24.5 Å². The zero-order valence-electron chi connectivity index (χ0n) is 21.1. The van der Waals surface area contributed by atoms with Crippen molar-refractivity contribution in [3.63, 3.8) is 0 Å². The fourth-order valence-corrected chi connectivity index (χ4v) is 9.03. The number of rotatable bonds is 6. The van der Waals surface area contributed by atoms with Gasteiger partial charge in [-0.05, 0) is 43.3 Å². The van der Waals surface area contributed by atoms with Gasteiger partial charge in [0.25, 0.3) is 5.91 Å². The van der Waals surface area contributed by atoms with Crippen molar-refractivity contribution in [2.75, 3.05) is 36.0 Å². The Kier molecular flexibility index (Phi) is 6.55. The van der Waals surface area contributed by atoms with Gasteiger partial charge in [-0.25, -0.2) is 0 Å². The van der Waals surface area contributed by atoms with Crippen LogP contribution in [-0.4, -0.2) is 62.4 Å². The minimum absolute atomic E-state index is 0.0503. The number of anilines is 2. The number of amides is 2. The minimum Gasteiger partial charge on any atom is -0.432 e. The van der Waals surface area contributed by atoms with E-state index in [1.807, 2.05) is 68.5 Å². The number of nitrogens with zero attached hydrogens (tertiary/aromatic N) is 2. The van der Waals surface area contributed by atoms with Crippen molar-refractivity contribution < 1.29 is 24.2 Å². The molecule has 3 N–H and O–H groups in total. The standard InChI is InChI=1S/C27H35N3O5Si/c1-18-25(36(2,3)34)23(12-15-31)35-27(18)21-6-4-5-7-22(21)30(26(27)33)17-19-8-10-20(11-9-19)29-14-13-28-16-24(29)32/h4-11,18,23,25,28,31,34H,12-17H2,1-3H3/t18-,23+,25-,27+/m0/s1. The van der Waals surface area contributed by atoms with Crippen LogP contribution in [0.2, 0.25) is 18.6 Å². The number of hydrogen-bond donors (Lipinski definition) is 3. The highest BCUT2D eigenvalue weighted by molar-refractivity contribution is 6.71. The molecule has 0 aromatic heterocycles. The van der Waals surface area contributed by atoms with E-state index >= 15 is 0 Å². The Bertz CT molecular complexity index is 1150. The summed E-state index contributed by atoms with van der Waals surface area (Å²) in [4.78, 5) is 41.1. The topological polar surface area (TPSA) is 102 Å². The van der Waals surface area contributed by atoms with Crippen LogP contribution >= 0.6 is 0 Å². The summed E-state index contributed by atoms with van der Waals surface area (Å²) < 4.78 is 6.59. The van der Waals surface area contributed by atoms with E-state index in [1.165, 1.54) is 0 Å². The second-order valence-electron chi connectivity index (χ2n) is 10.7. The predicted molar refractivity (Wildman–Crippen MR) is 140 cm³/mol. The number of nitrogens with one attached hydrogen (secondary N) is 1. The second kappa shape index (κ2) is 9.39. The molecular weight excluding hydrogens is 474 g/mol. The zero-order valence-corrected chi connectivity index (χ0v) is 22.1. The number of aliphatic hydroxyl groups is 1. The molecular formula is C27H35N3O5Si. The SMILES string of the molecule is C[C@H]1[C@H]([Si](C)(C)O)[C@@H](CCO)O[C@]12C(=O)N(Cc1ccc(N3CCNCC3=O)cc1)c1ccccc12. The Morgan fingerprint density at radius 3 is 2.53 bits per heavy atom. The number of piperazine rings is 1. The van der Waals surface area contributed by atoms with Gasteiger partial charge in [-0.3, -0.25) is 9.59 Å². The number of fused-ring (bicyclic) bond motifs is 2. The lowest BCUT2D eigenvalue weighted by molar-refractivity contribution is -0.146. The number of ether oxygens (including phenoxy) is 1. The van der Waals surface area contributed by atoms with Crippen LogP contribution in [0.3, 0.4) is 0 Å². The van der Waals surface area contributed by atoms with E-state index in [0.717, 1.165) is 29.0 Å². The van der Waals surface area contributed by atoms with E-state index in [9.17, 15) is 19.5 Å². The fraction of sp³-hybridized carbons (Fsp3) is 0.481. The summed E-state index contributed by atoms with van der Waals surface area (Å²) in [6.07, 6.45) is -0.000423. The summed E-state index contributed by atoms with van der Waals surface area (Å²) in [6, 6.07) is 15.5. The molecule has 192 valence electrons. The number of hydrogen-bond acceptors (Lipinski definition) is 6. The van der Waals surface area contributed by atoms with Crippen LogP contribution in [0.4, 0.5) is 11.4 Å². The van der Waals surface area contributed by atoms with Crippen LogP contribution in [-0.2, 0) is 26.5 Å². The Labute approximate surface area is 213 Å². The molecule has 9 heteroatoms. The first-order chi connectivity index (χ1) is 17.2. The maximum Gasteiger partial charge on any atom is 0.264 e. The van der Waals surface area contributed by atoms with Crippen LogP contribution < -0.4 is 15.1 Å². The second-order valence-corrected chi connectivity index (χ2v) is 14.6. The molecule has 2 saturated heterocycles. The van der Waals surface area contributed by atoms with Gasteiger partial charge in [0.1, 0.15) is 0 Å². The number of carbonyl (C=O) groups excluding carboxylic acids is 2. The van der Waals surface area contributed by atoms with Crippen molar-refractivity contribution >= 4 is 31.5 Å². The molecule has 2 amide bonds. The lowest BCUT2D eigenvalue weighted by Crippen LogP contribution is -2.48. The molecule has 2 aromatic rings. The van der Waals surface area contributed by atoms with Gasteiger partial charge >= 0.3 is 0 Å². The van der Waals surface area contributed by atoms with Crippen molar-refractivity contribution in [2.45, 2.75) is 50.2 Å². The van der Waals surface area contributed by atoms with Crippen molar-refractivity contribution in [1.29, 1.82) is 0 Å².